The van der Waals surface area contributed by atoms with Gasteiger partial charge in [-0.1, -0.05) is 0 Å². The quantitative estimate of drug-likeness (QED) is 0.796. The first-order chi connectivity index (χ1) is 13.3. The number of nitrogens with one attached hydrogen (secondary N) is 1. The predicted octanol–water partition coefficient (Wildman–Crippen LogP) is 2.14. The summed E-state index contributed by atoms with van der Waals surface area (Å²) in [4.78, 5) is 27.8. The lowest BCUT2D eigenvalue weighted by atomic mass is 10.1. The first-order valence-corrected chi connectivity index (χ1v) is 9.34. The fourth-order valence-corrected chi connectivity index (χ4v) is 3.47. The minimum atomic E-state index is -0.388. The van der Waals surface area contributed by atoms with Crippen molar-refractivity contribution < 1.29 is 14.0 Å². The van der Waals surface area contributed by atoms with E-state index in [0.717, 1.165) is 17.1 Å². The number of anilines is 2. The van der Waals surface area contributed by atoms with E-state index in [0.29, 0.717) is 37.4 Å². The number of aromatic nitrogens is 2. The van der Waals surface area contributed by atoms with Crippen LogP contribution in [0.25, 0.3) is 0 Å². The van der Waals surface area contributed by atoms with Crippen molar-refractivity contribution in [1.82, 2.24) is 14.7 Å². The second kappa shape index (κ2) is 8.10. The molecule has 8 heteroatoms. The Labute approximate surface area is 164 Å². The van der Waals surface area contributed by atoms with Crippen LogP contribution in [0.2, 0.25) is 0 Å². The molecule has 0 unspecified atom stereocenters. The van der Waals surface area contributed by atoms with Crippen LogP contribution in [-0.2, 0) is 11.8 Å². The molecule has 0 spiro atoms. The van der Waals surface area contributed by atoms with Crippen molar-refractivity contribution in [2.45, 2.75) is 20.8 Å². The Bertz CT molecular complexity index is 900. The summed E-state index contributed by atoms with van der Waals surface area (Å²) in [5, 5.41) is 7.25. The standard InChI is InChI=1S/C20H26FN5O2/c1-13-20(14(2)24(4)23-13)22-19(28)12-25-7-9-26(10-8-25)18-6-5-16(15(3)27)11-17(18)21/h5-6,11H,7-10,12H2,1-4H3,(H,22,28). The van der Waals surface area contributed by atoms with Gasteiger partial charge in [-0.25, -0.2) is 4.39 Å². The van der Waals surface area contributed by atoms with Crippen LogP contribution < -0.4 is 10.2 Å². The van der Waals surface area contributed by atoms with Crippen LogP contribution in [-0.4, -0.2) is 59.1 Å². The van der Waals surface area contributed by atoms with Gasteiger partial charge in [0.2, 0.25) is 5.91 Å². The molecule has 2 aromatic rings. The number of hydrogen-bond donors (Lipinski definition) is 1. The van der Waals surface area contributed by atoms with E-state index >= 15 is 0 Å². The summed E-state index contributed by atoms with van der Waals surface area (Å²) < 4.78 is 16.1. The van der Waals surface area contributed by atoms with Gasteiger partial charge < -0.3 is 10.2 Å². The van der Waals surface area contributed by atoms with Gasteiger partial charge in [0.25, 0.3) is 0 Å². The monoisotopic (exact) mass is 387 g/mol. The van der Waals surface area contributed by atoms with Crippen molar-refractivity contribution >= 4 is 23.1 Å². The van der Waals surface area contributed by atoms with Crippen LogP contribution in [0.1, 0.15) is 28.7 Å². The van der Waals surface area contributed by atoms with Gasteiger partial charge in [-0.2, -0.15) is 5.10 Å². The molecule has 28 heavy (non-hydrogen) atoms. The van der Waals surface area contributed by atoms with Gasteiger partial charge >= 0.3 is 0 Å². The number of amides is 1. The Balaban J connectivity index is 1.55. The molecule has 0 bridgehead atoms. The highest BCUT2D eigenvalue weighted by atomic mass is 19.1. The van der Waals surface area contributed by atoms with Gasteiger partial charge in [-0.05, 0) is 39.0 Å². The van der Waals surface area contributed by atoms with E-state index in [1.807, 2.05) is 25.8 Å². The van der Waals surface area contributed by atoms with Crippen LogP contribution in [0, 0.1) is 19.7 Å². The molecule has 0 aliphatic carbocycles. The van der Waals surface area contributed by atoms with E-state index < -0.39 is 0 Å². The number of halogens is 1. The molecular weight excluding hydrogens is 361 g/mol. The highest BCUT2D eigenvalue weighted by Crippen LogP contribution is 2.22. The molecule has 1 aliphatic rings. The number of carbonyl (C=O) groups excluding carboxylic acids is 2. The van der Waals surface area contributed by atoms with Gasteiger partial charge in [-0.15, -0.1) is 0 Å². The molecule has 3 rings (SSSR count). The number of benzene rings is 1. The molecule has 1 saturated heterocycles. The maximum Gasteiger partial charge on any atom is 0.238 e. The van der Waals surface area contributed by atoms with E-state index in [-0.39, 0.29) is 24.1 Å². The number of Topliss-reactive ketones (excluding diaryl/α,β-unsaturated/α-hetero) is 1. The van der Waals surface area contributed by atoms with E-state index in [4.69, 9.17) is 0 Å². The molecular formula is C20H26FN5O2. The first kappa shape index (κ1) is 20.0. The van der Waals surface area contributed by atoms with Gasteiger partial charge in [0.05, 0.1) is 29.3 Å². The topological polar surface area (TPSA) is 70.5 Å². The van der Waals surface area contributed by atoms with Crippen molar-refractivity contribution in [3.05, 3.63) is 41.0 Å². The van der Waals surface area contributed by atoms with Gasteiger partial charge in [0.1, 0.15) is 5.82 Å². The average molecular weight is 387 g/mol. The molecule has 2 heterocycles. The van der Waals surface area contributed by atoms with Gasteiger partial charge in [0.15, 0.2) is 5.78 Å². The summed E-state index contributed by atoms with van der Waals surface area (Å²) in [6, 6.07) is 4.59. The SMILES string of the molecule is CC(=O)c1ccc(N2CCN(CC(=O)Nc3c(C)nn(C)c3C)CC2)c(F)c1. The second-order valence-electron chi connectivity index (χ2n) is 7.20. The van der Waals surface area contributed by atoms with E-state index in [1.165, 1.54) is 13.0 Å². The van der Waals surface area contributed by atoms with Crippen molar-refractivity contribution in [3.8, 4) is 0 Å². The molecule has 1 aliphatic heterocycles. The third-order valence-corrected chi connectivity index (χ3v) is 5.21. The average Bonchev–Trinajstić information content (AvgIpc) is 2.88. The molecule has 7 nitrogen and oxygen atoms in total. The normalized spacial score (nSPS) is 15.0. The number of carbonyl (C=O) groups is 2. The highest BCUT2D eigenvalue weighted by molar-refractivity contribution is 5.94. The second-order valence-corrected chi connectivity index (χ2v) is 7.20. The summed E-state index contributed by atoms with van der Waals surface area (Å²) >= 11 is 0. The Kier molecular flexibility index (Phi) is 5.79. The lowest BCUT2D eigenvalue weighted by Crippen LogP contribution is -2.49. The van der Waals surface area contributed by atoms with Gasteiger partial charge in [-0.3, -0.25) is 19.2 Å². The molecule has 0 atom stereocenters. The molecule has 150 valence electrons. The number of piperazine rings is 1. The summed E-state index contributed by atoms with van der Waals surface area (Å²) in [5.74, 6) is -0.619. The third-order valence-electron chi connectivity index (χ3n) is 5.21. The van der Waals surface area contributed by atoms with Crippen LogP contribution in [0.4, 0.5) is 15.8 Å². The van der Waals surface area contributed by atoms with Crippen molar-refractivity contribution in [1.29, 1.82) is 0 Å². The van der Waals surface area contributed by atoms with Crippen molar-refractivity contribution in [2.75, 3.05) is 42.9 Å². The first-order valence-electron chi connectivity index (χ1n) is 9.34. The van der Waals surface area contributed by atoms with Crippen LogP contribution in [0.3, 0.4) is 0 Å². The van der Waals surface area contributed by atoms with Crippen molar-refractivity contribution in [3.63, 3.8) is 0 Å². The lowest BCUT2D eigenvalue weighted by molar-refractivity contribution is -0.117. The number of hydrogen-bond acceptors (Lipinski definition) is 5. The van der Waals surface area contributed by atoms with Gasteiger partial charge in [0, 0.05) is 38.8 Å². The minimum absolute atomic E-state index is 0.0790. The minimum Gasteiger partial charge on any atom is -0.367 e. The third kappa shape index (κ3) is 4.22. The fraction of sp³-hybridized carbons (Fsp3) is 0.450. The van der Waals surface area contributed by atoms with E-state index in [9.17, 15) is 14.0 Å². The smallest absolute Gasteiger partial charge is 0.238 e. The van der Waals surface area contributed by atoms with Crippen LogP contribution in [0.15, 0.2) is 18.2 Å². The lowest BCUT2D eigenvalue weighted by Gasteiger charge is -2.35. The zero-order valence-electron chi connectivity index (χ0n) is 16.8. The van der Waals surface area contributed by atoms with Crippen LogP contribution in [0.5, 0.6) is 0 Å². The van der Waals surface area contributed by atoms with E-state index in [2.05, 4.69) is 15.3 Å². The Hall–Kier alpha value is -2.74. The molecule has 0 radical (unpaired) electrons. The fourth-order valence-electron chi connectivity index (χ4n) is 3.47. The number of nitrogens with zero attached hydrogens (tertiary/aromatic N) is 4. The number of ketones is 1. The Morgan fingerprint density at radius 1 is 1.18 bits per heavy atom. The largest absolute Gasteiger partial charge is 0.367 e. The molecule has 1 N–H and O–H groups in total. The van der Waals surface area contributed by atoms with E-state index in [1.54, 1.807) is 16.8 Å². The molecule has 1 fully saturated rings. The van der Waals surface area contributed by atoms with Crippen molar-refractivity contribution in [2.24, 2.45) is 7.05 Å². The number of rotatable bonds is 5. The molecule has 1 amide bonds. The molecule has 1 aromatic carbocycles. The van der Waals surface area contributed by atoms with Crippen LogP contribution >= 0.6 is 0 Å². The predicted molar refractivity (Wildman–Crippen MR) is 106 cm³/mol. The summed E-state index contributed by atoms with van der Waals surface area (Å²) in [6.45, 7) is 8.05. The zero-order chi connectivity index (χ0) is 20.4. The molecule has 1 aromatic heterocycles. The zero-order valence-corrected chi connectivity index (χ0v) is 16.8. The number of aryl methyl sites for hydroxylation is 2. The molecule has 0 saturated carbocycles. The summed E-state index contributed by atoms with van der Waals surface area (Å²) in [7, 11) is 1.85. The summed E-state index contributed by atoms with van der Waals surface area (Å²) in [6.07, 6.45) is 0. The Morgan fingerprint density at radius 3 is 2.39 bits per heavy atom. The Morgan fingerprint density at radius 2 is 1.86 bits per heavy atom. The summed E-state index contributed by atoms with van der Waals surface area (Å²) in [5.41, 5.74) is 3.34. The highest BCUT2D eigenvalue weighted by Gasteiger charge is 2.22. The maximum atomic E-state index is 14.3. The maximum absolute atomic E-state index is 14.3.